The molecule has 0 aliphatic carbocycles. The van der Waals surface area contributed by atoms with Crippen molar-refractivity contribution < 1.29 is 14.0 Å². The molecule has 0 spiro atoms. The molecular formula is C21H24FN3O2. The van der Waals surface area contributed by atoms with E-state index in [1.54, 1.807) is 46.2 Å². The maximum Gasteiger partial charge on any atom is 0.324 e. The van der Waals surface area contributed by atoms with Crippen molar-refractivity contribution in [3.63, 3.8) is 0 Å². The molecular weight excluding hydrogens is 345 g/mol. The van der Waals surface area contributed by atoms with Crippen LogP contribution in [0.5, 0.6) is 0 Å². The molecule has 0 unspecified atom stereocenters. The summed E-state index contributed by atoms with van der Waals surface area (Å²) in [5.74, 6) is -0.478. The molecule has 3 rings (SSSR count). The van der Waals surface area contributed by atoms with Gasteiger partial charge in [-0.25, -0.2) is 9.18 Å². The Morgan fingerprint density at radius 3 is 2.67 bits per heavy atom. The van der Waals surface area contributed by atoms with E-state index in [2.05, 4.69) is 5.32 Å². The first-order valence-corrected chi connectivity index (χ1v) is 9.16. The van der Waals surface area contributed by atoms with E-state index < -0.39 is 0 Å². The summed E-state index contributed by atoms with van der Waals surface area (Å²) in [4.78, 5) is 28.5. The second-order valence-electron chi connectivity index (χ2n) is 6.98. The van der Waals surface area contributed by atoms with Crippen LogP contribution in [0.1, 0.15) is 36.2 Å². The van der Waals surface area contributed by atoms with Gasteiger partial charge < -0.3 is 10.2 Å². The number of nitrogens with one attached hydrogen (secondary N) is 1. The number of benzene rings is 2. The first kappa shape index (κ1) is 18.9. The number of nitrogens with zero attached hydrogens (tertiary/aromatic N) is 2. The Labute approximate surface area is 158 Å². The van der Waals surface area contributed by atoms with E-state index >= 15 is 0 Å². The summed E-state index contributed by atoms with van der Waals surface area (Å²) in [6, 6.07) is 13.4. The van der Waals surface area contributed by atoms with Gasteiger partial charge in [0.15, 0.2) is 0 Å². The Morgan fingerprint density at radius 1 is 1.15 bits per heavy atom. The Bertz CT molecular complexity index is 838. The molecule has 0 bridgehead atoms. The van der Waals surface area contributed by atoms with Gasteiger partial charge in [-0.05, 0) is 44.5 Å². The lowest BCUT2D eigenvalue weighted by Gasteiger charge is -2.36. The highest BCUT2D eigenvalue weighted by Gasteiger charge is 2.27. The molecule has 2 aromatic carbocycles. The summed E-state index contributed by atoms with van der Waals surface area (Å²) in [5, 5.41) is 2.85. The van der Waals surface area contributed by atoms with Crippen LogP contribution in [0.25, 0.3) is 0 Å². The molecule has 27 heavy (non-hydrogen) atoms. The lowest BCUT2D eigenvalue weighted by atomic mass is 10.1. The highest BCUT2D eigenvalue weighted by Crippen LogP contribution is 2.23. The summed E-state index contributed by atoms with van der Waals surface area (Å²) in [6.07, 6.45) is 0.780. The summed E-state index contributed by atoms with van der Waals surface area (Å²) in [7, 11) is 0. The first-order chi connectivity index (χ1) is 13.0. The van der Waals surface area contributed by atoms with Crippen molar-refractivity contribution in [2.75, 3.05) is 18.0 Å². The van der Waals surface area contributed by atoms with Crippen molar-refractivity contribution in [3.05, 3.63) is 65.5 Å². The van der Waals surface area contributed by atoms with Crippen LogP contribution in [0.4, 0.5) is 14.9 Å². The van der Waals surface area contributed by atoms with E-state index in [9.17, 15) is 14.0 Å². The summed E-state index contributed by atoms with van der Waals surface area (Å²) in [6.45, 7) is 5.18. The van der Waals surface area contributed by atoms with Gasteiger partial charge in [-0.15, -0.1) is 0 Å². The zero-order valence-corrected chi connectivity index (χ0v) is 15.6. The first-order valence-electron chi connectivity index (χ1n) is 9.16. The van der Waals surface area contributed by atoms with E-state index in [4.69, 9.17) is 0 Å². The normalized spacial score (nSPS) is 14.6. The van der Waals surface area contributed by atoms with Crippen molar-refractivity contribution in [2.24, 2.45) is 0 Å². The minimum atomic E-state index is -0.310. The SMILES string of the molecule is CC(C)NC(=O)c1cccc(N2CCCN(Cc3ccccc3F)C2=O)c1. The smallest absolute Gasteiger partial charge is 0.324 e. The highest BCUT2D eigenvalue weighted by molar-refractivity contribution is 5.98. The van der Waals surface area contributed by atoms with E-state index in [0.717, 1.165) is 6.42 Å². The Morgan fingerprint density at radius 2 is 1.93 bits per heavy atom. The minimum Gasteiger partial charge on any atom is -0.350 e. The number of amides is 3. The fourth-order valence-corrected chi connectivity index (χ4v) is 3.16. The Hall–Kier alpha value is -2.89. The number of hydrogen-bond donors (Lipinski definition) is 1. The number of anilines is 1. The predicted molar refractivity (Wildman–Crippen MR) is 103 cm³/mol. The van der Waals surface area contributed by atoms with Crippen molar-refractivity contribution in [1.29, 1.82) is 0 Å². The standard InChI is InChI=1S/C21H24FN3O2/c1-15(2)23-20(26)16-8-5-9-18(13-16)25-12-6-11-24(21(25)27)14-17-7-3-4-10-19(17)22/h3-5,7-10,13,15H,6,11-12,14H2,1-2H3,(H,23,26). The molecule has 142 valence electrons. The zero-order chi connectivity index (χ0) is 19.4. The number of urea groups is 1. The highest BCUT2D eigenvalue weighted by atomic mass is 19.1. The topological polar surface area (TPSA) is 52.7 Å². The van der Waals surface area contributed by atoms with Gasteiger partial charge >= 0.3 is 6.03 Å². The van der Waals surface area contributed by atoms with Gasteiger partial charge in [-0.3, -0.25) is 9.69 Å². The van der Waals surface area contributed by atoms with Gasteiger partial charge in [-0.2, -0.15) is 0 Å². The lowest BCUT2D eigenvalue weighted by Crippen LogP contribution is -2.49. The average molecular weight is 369 g/mol. The van der Waals surface area contributed by atoms with Crippen molar-refractivity contribution >= 4 is 17.6 Å². The van der Waals surface area contributed by atoms with E-state index in [1.807, 2.05) is 19.9 Å². The number of rotatable bonds is 5. The van der Waals surface area contributed by atoms with E-state index in [-0.39, 0.29) is 30.3 Å². The van der Waals surface area contributed by atoms with E-state index in [1.165, 1.54) is 6.07 Å². The van der Waals surface area contributed by atoms with Gasteiger partial charge in [0.25, 0.3) is 5.91 Å². The maximum absolute atomic E-state index is 13.9. The molecule has 1 heterocycles. The van der Waals surface area contributed by atoms with E-state index in [0.29, 0.717) is 29.9 Å². The maximum atomic E-state index is 13.9. The predicted octanol–water partition coefficient (Wildman–Crippen LogP) is 3.80. The fraction of sp³-hybridized carbons (Fsp3) is 0.333. The van der Waals surface area contributed by atoms with Crippen molar-refractivity contribution in [1.82, 2.24) is 10.2 Å². The quantitative estimate of drug-likeness (QED) is 0.872. The van der Waals surface area contributed by atoms with Gasteiger partial charge in [0.05, 0.1) is 6.54 Å². The van der Waals surface area contributed by atoms with Gasteiger partial charge in [0.2, 0.25) is 0 Å². The Balaban J connectivity index is 1.78. The number of hydrogen-bond acceptors (Lipinski definition) is 2. The van der Waals surface area contributed by atoms with Crippen molar-refractivity contribution in [3.8, 4) is 0 Å². The molecule has 2 aromatic rings. The average Bonchev–Trinajstić information content (AvgIpc) is 2.65. The van der Waals surface area contributed by atoms with Gasteiger partial charge in [-0.1, -0.05) is 24.3 Å². The second-order valence-corrected chi connectivity index (χ2v) is 6.98. The molecule has 6 heteroatoms. The van der Waals surface area contributed by atoms with Crippen LogP contribution in [0.15, 0.2) is 48.5 Å². The molecule has 0 saturated carbocycles. The largest absolute Gasteiger partial charge is 0.350 e. The number of halogens is 1. The van der Waals surface area contributed by atoms with Crippen LogP contribution in [0.2, 0.25) is 0 Å². The summed E-state index contributed by atoms with van der Waals surface area (Å²) < 4.78 is 13.9. The molecule has 1 fully saturated rings. The van der Waals surface area contributed by atoms with Crippen LogP contribution in [-0.2, 0) is 6.54 Å². The fourth-order valence-electron chi connectivity index (χ4n) is 3.16. The molecule has 5 nitrogen and oxygen atoms in total. The van der Waals surface area contributed by atoms with Gasteiger partial charge in [0, 0.05) is 35.9 Å². The molecule has 1 N–H and O–H groups in total. The van der Waals surface area contributed by atoms with Crippen molar-refractivity contribution in [2.45, 2.75) is 32.9 Å². The molecule has 3 amide bonds. The van der Waals surface area contributed by atoms with Crippen LogP contribution in [0, 0.1) is 5.82 Å². The molecule has 1 aliphatic rings. The molecule has 0 atom stereocenters. The molecule has 0 radical (unpaired) electrons. The third kappa shape index (κ3) is 4.45. The molecule has 0 aromatic heterocycles. The monoisotopic (exact) mass is 369 g/mol. The van der Waals surface area contributed by atoms with Crippen LogP contribution in [0.3, 0.4) is 0 Å². The van der Waals surface area contributed by atoms with Crippen LogP contribution >= 0.6 is 0 Å². The molecule has 1 saturated heterocycles. The number of carbonyl (C=O) groups excluding carboxylic acids is 2. The minimum absolute atomic E-state index is 0.0361. The molecule has 1 aliphatic heterocycles. The summed E-state index contributed by atoms with van der Waals surface area (Å²) >= 11 is 0. The van der Waals surface area contributed by atoms with Crippen LogP contribution < -0.4 is 10.2 Å². The Kier molecular flexibility index (Phi) is 5.74. The number of carbonyl (C=O) groups is 2. The summed E-state index contributed by atoms with van der Waals surface area (Å²) in [5.41, 5.74) is 1.69. The third-order valence-electron chi connectivity index (χ3n) is 4.47. The van der Waals surface area contributed by atoms with Crippen LogP contribution in [-0.4, -0.2) is 36.0 Å². The zero-order valence-electron chi connectivity index (χ0n) is 15.6. The third-order valence-corrected chi connectivity index (χ3v) is 4.47. The van der Waals surface area contributed by atoms with Gasteiger partial charge in [0.1, 0.15) is 5.82 Å². The lowest BCUT2D eigenvalue weighted by molar-refractivity contribution is 0.0943. The second kappa shape index (κ2) is 8.20.